The van der Waals surface area contributed by atoms with E-state index in [1.165, 1.54) is 55.5 Å². The van der Waals surface area contributed by atoms with Gasteiger partial charge in [0.2, 0.25) is 23.6 Å². The van der Waals surface area contributed by atoms with Crippen molar-refractivity contribution in [2.75, 3.05) is 35.2 Å². The van der Waals surface area contributed by atoms with Gasteiger partial charge in [0.25, 0.3) is 0 Å². The van der Waals surface area contributed by atoms with Gasteiger partial charge in [-0.3, -0.25) is 28.9 Å². The van der Waals surface area contributed by atoms with Crippen molar-refractivity contribution < 1.29 is 48.5 Å². The van der Waals surface area contributed by atoms with Crippen LogP contribution in [0.25, 0.3) is 0 Å². The molecule has 1 saturated heterocycles. The maximum Gasteiger partial charge on any atom is 0.335 e. The summed E-state index contributed by atoms with van der Waals surface area (Å²) in [6.07, 6.45) is 0.169. The first-order chi connectivity index (χ1) is 27.8. The Kier molecular flexibility index (Phi) is 14.6. The van der Waals surface area contributed by atoms with E-state index in [9.17, 15) is 43.8 Å². The molecule has 3 aromatic rings. The monoisotopic (exact) mass is 814 g/mol. The Balaban J connectivity index is 1.61. The standard InChI is InChI=1S/C43H54N6O10/c1-6-41(3,38(56)47-29-14-12-28(13-15-29)36(53)54)22-27(24-44)23-42(4,39(57)59-21-20-46-40(58)48-30-16-18-32(50)19-17-30)25-43(5,37(45)55)33-26(2)34(51)49(35(33)52)31-10-8-7-9-11-31/h7-19,26-27,33,50H,6,20-25,44H2,1-5H3,(H2,45,55)(H,47,56)(H,53,54)(H2,46,48,58). The number of rotatable bonds is 19. The number of para-hydroxylation sites is 1. The number of ether oxygens (including phenoxy) is 1. The van der Waals surface area contributed by atoms with E-state index in [1.807, 2.05) is 6.92 Å². The van der Waals surface area contributed by atoms with Crippen molar-refractivity contribution in [2.45, 2.75) is 60.3 Å². The zero-order valence-corrected chi connectivity index (χ0v) is 33.9. The number of urea groups is 1. The minimum absolute atomic E-state index is 0.00432. The van der Waals surface area contributed by atoms with E-state index in [2.05, 4.69) is 16.0 Å². The zero-order chi connectivity index (χ0) is 43.7. The van der Waals surface area contributed by atoms with Crippen LogP contribution in [-0.4, -0.2) is 71.5 Å². The molecular formula is C43H54N6O10. The summed E-state index contributed by atoms with van der Waals surface area (Å²) in [6.45, 7) is 7.76. The number of aromatic carboxylic acids is 1. The Bertz CT molecular complexity index is 2030. The number of phenols is 1. The predicted molar refractivity (Wildman–Crippen MR) is 220 cm³/mol. The van der Waals surface area contributed by atoms with Crippen LogP contribution in [-0.2, 0) is 28.7 Å². The number of anilines is 3. The molecule has 16 nitrogen and oxygen atoms in total. The van der Waals surface area contributed by atoms with Crippen molar-refractivity contribution in [3.8, 4) is 5.75 Å². The number of nitrogens with zero attached hydrogens (tertiary/aromatic N) is 1. The van der Waals surface area contributed by atoms with Gasteiger partial charge in [-0.2, -0.15) is 0 Å². The van der Waals surface area contributed by atoms with Gasteiger partial charge >= 0.3 is 18.0 Å². The highest BCUT2D eigenvalue weighted by Crippen LogP contribution is 2.50. The fourth-order valence-electron chi connectivity index (χ4n) is 7.94. The Morgan fingerprint density at radius 2 is 1.42 bits per heavy atom. The van der Waals surface area contributed by atoms with E-state index in [0.29, 0.717) is 23.5 Å². The van der Waals surface area contributed by atoms with Crippen LogP contribution in [0.4, 0.5) is 21.9 Å². The van der Waals surface area contributed by atoms with Crippen LogP contribution in [0.3, 0.4) is 0 Å². The molecule has 59 heavy (non-hydrogen) atoms. The Morgan fingerprint density at radius 1 is 0.847 bits per heavy atom. The molecule has 4 rings (SSSR count). The van der Waals surface area contributed by atoms with Gasteiger partial charge in [0, 0.05) is 22.7 Å². The average Bonchev–Trinajstić information content (AvgIpc) is 3.43. The molecule has 1 aliphatic rings. The number of carbonyl (C=O) groups excluding carboxylic acids is 6. The summed E-state index contributed by atoms with van der Waals surface area (Å²) in [6, 6.07) is 19.2. The van der Waals surface area contributed by atoms with Crippen molar-refractivity contribution in [2.24, 2.45) is 45.5 Å². The van der Waals surface area contributed by atoms with Crippen LogP contribution in [0, 0.1) is 34.0 Å². The van der Waals surface area contributed by atoms with Crippen LogP contribution < -0.4 is 32.3 Å². The third kappa shape index (κ3) is 10.6. The first kappa shape index (κ1) is 45.4. The molecule has 316 valence electrons. The number of amides is 6. The molecule has 6 unspecified atom stereocenters. The van der Waals surface area contributed by atoms with E-state index in [4.69, 9.17) is 16.2 Å². The molecule has 3 aromatic carbocycles. The van der Waals surface area contributed by atoms with Crippen LogP contribution >= 0.6 is 0 Å². The minimum atomic E-state index is -1.77. The number of hydrogen-bond acceptors (Lipinski definition) is 10. The summed E-state index contributed by atoms with van der Waals surface area (Å²) in [5, 5.41) is 26.8. The van der Waals surface area contributed by atoms with Gasteiger partial charge in [-0.15, -0.1) is 0 Å². The lowest BCUT2D eigenvalue weighted by Gasteiger charge is -2.42. The number of carboxylic acids is 1. The lowest BCUT2D eigenvalue weighted by Crippen LogP contribution is -2.51. The highest BCUT2D eigenvalue weighted by atomic mass is 16.5. The van der Waals surface area contributed by atoms with Crippen molar-refractivity contribution >= 4 is 58.7 Å². The van der Waals surface area contributed by atoms with Gasteiger partial charge in [-0.1, -0.05) is 39.0 Å². The number of nitrogens with one attached hydrogen (secondary N) is 3. The summed E-state index contributed by atoms with van der Waals surface area (Å²) >= 11 is 0. The Morgan fingerprint density at radius 3 is 1.98 bits per heavy atom. The predicted octanol–water partition coefficient (Wildman–Crippen LogP) is 4.88. The molecule has 0 spiro atoms. The second-order valence-corrected chi connectivity index (χ2v) is 16.0. The van der Waals surface area contributed by atoms with Gasteiger partial charge in [0.05, 0.1) is 34.5 Å². The number of carboxylic acid groups (broad SMARTS) is 1. The number of carbonyl (C=O) groups is 7. The SMILES string of the molecule is CCC(C)(CC(CN)CC(C)(CC(C)(C(N)=O)C1C(=O)N(c2ccccc2)C(=O)C1C)C(=O)OCCNC(=O)Nc1ccc(O)cc1)C(=O)Nc1ccc(C(=O)O)cc1. The third-order valence-corrected chi connectivity index (χ3v) is 11.4. The number of imide groups is 1. The van der Waals surface area contributed by atoms with Gasteiger partial charge in [0.1, 0.15) is 12.4 Å². The van der Waals surface area contributed by atoms with Crippen molar-refractivity contribution in [1.29, 1.82) is 0 Å². The molecule has 0 saturated carbocycles. The maximum atomic E-state index is 14.3. The Labute approximate surface area is 343 Å². The second kappa shape index (κ2) is 19.0. The topological polar surface area (TPSA) is 261 Å². The van der Waals surface area contributed by atoms with E-state index in [0.717, 1.165) is 4.90 Å². The Hall–Kier alpha value is -6.29. The molecule has 0 radical (unpaired) electrons. The molecule has 1 aliphatic heterocycles. The van der Waals surface area contributed by atoms with Crippen molar-refractivity contribution in [3.05, 3.63) is 84.4 Å². The van der Waals surface area contributed by atoms with Gasteiger partial charge in [-0.25, -0.2) is 9.59 Å². The highest BCUT2D eigenvalue weighted by molar-refractivity contribution is 6.23. The maximum absolute atomic E-state index is 14.3. The number of nitrogens with two attached hydrogens (primary N) is 2. The average molecular weight is 815 g/mol. The van der Waals surface area contributed by atoms with Gasteiger partial charge < -0.3 is 42.4 Å². The summed E-state index contributed by atoms with van der Waals surface area (Å²) in [7, 11) is 0. The summed E-state index contributed by atoms with van der Waals surface area (Å²) in [5.41, 5.74) is 9.25. The number of hydrogen-bond donors (Lipinski definition) is 7. The van der Waals surface area contributed by atoms with Crippen LogP contribution in [0.5, 0.6) is 5.75 Å². The molecule has 1 fully saturated rings. The van der Waals surface area contributed by atoms with Crippen LogP contribution in [0.15, 0.2) is 78.9 Å². The smallest absolute Gasteiger partial charge is 0.335 e. The summed E-state index contributed by atoms with van der Waals surface area (Å²) in [4.78, 5) is 94.4. The van der Waals surface area contributed by atoms with Crippen LogP contribution in [0.1, 0.15) is 70.7 Å². The number of phenolic OH excluding ortho intramolecular Hbond substituents is 1. The fourth-order valence-corrected chi connectivity index (χ4v) is 7.94. The fraction of sp³-hybridized carbons (Fsp3) is 0.419. The lowest BCUT2D eigenvalue weighted by atomic mass is 9.60. The zero-order valence-electron chi connectivity index (χ0n) is 33.9. The minimum Gasteiger partial charge on any atom is -0.508 e. The van der Waals surface area contributed by atoms with E-state index in [1.54, 1.807) is 51.1 Å². The van der Waals surface area contributed by atoms with Gasteiger partial charge in [0.15, 0.2) is 0 Å². The molecule has 0 bridgehead atoms. The molecule has 0 aromatic heterocycles. The van der Waals surface area contributed by atoms with Gasteiger partial charge in [-0.05, 0) is 113 Å². The number of primary amides is 1. The summed E-state index contributed by atoms with van der Waals surface area (Å²) in [5.74, 6) is -7.09. The molecule has 6 amide bonds. The van der Waals surface area contributed by atoms with E-state index >= 15 is 0 Å². The highest BCUT2D eigenvalue weighted by Gasteiger charge is 2.59. The number of esters is 1. The number of aromatic hydroxyl groups is 1. The van der Waals surface area contributed by atoms with Crippen molar-refractivity contribution in [1.82, 2.24) is 5.32 Å². The van der Waals surface area contributed by atoms with E-state index < -0.39 is 69.7 Å². The quantitative estimate of drug-likeness (QED) is 0.0371. The normalized spacial score (nSPS) is 18.7. The lowest BCUT2D eigenvalue weighted by molar-refractivity contribution is -0.161. The molecule has 1 heterocycles. The molecule has 9 N–H and O–H groups in total. The molecular weight excluding hydrogens is 761 g/mol. The second-order valence-electron chi connectivity index (χ2n) is 16.0. The van der Waals surface area contributed by atoms with E-state index in [-0.39, 0.29) is 56.2 Å². The molecule has 16 heteroatoms. The summed E-state index contributed by atoms with van der Waals surface area (Å²) < 4.78 is 5.74. The first-order valence-corrected chi connectivity index (χ1v) is 19.4. The first-order valence-electron chi connectivity index (χ1n) is 19.4. The largest absolute Gasteiger partial charge is 0.508 e. The third-order valence-electron chi connectivity index (χ3n) is 11.4. The van der Waals surface area contributed by atoms with Crippen LogP contribution in [0.2, 0.25) is 0 Å². The number of benzene rings is 3. The van der Waals surface area contributed by atoms with Crippen molar-refractivity contribution in [3.63, 3.8) is 0 Å². The molecule has 0 aliphatic carbocycles. The molecule has 6 atom stereocenters.